The molecular formula is C19H24N4O4S2. The highest BCUT2D eigenvalue weighted by Crippen LogP contribution is 2.29. The van der Waals surface area contributed by atoms with Crippen LogP contribution in [0.15, 0.2) is 17.5 Å². The maximum Gasteiger partial charge on any atom is 0.248 e. The SMILES string of the molecule is CSCC(=O)N1CC[C@H]2NC(=O)[C@H]3C[C@H](NC(=O)Cc4cccs4)CN3C(=O)[C@H]21. The first-order valence-electron chi connectivity index (χ1n) is 9.69. The molecule has 29 heavy (non-hydrogen) atoms. The Morgan fingerprint density at radius 3 is 2.93 bits per heavy atom. The van der Waals surface area contributed by atoms with E-state index < -0.39 is 12.1 Å². The highest BCUT2D eigenvalue weighted by molar-refractivity contribution is 7.99. The molecule has 3 aliphatic heterocycles. The summed E-state index contributed by atoms with van der Waals surface area (Å²) in [6.07, 6.45) is 3.12. The molecule has 8 nitrogen and oxygen atoms in total. The van der Waals surface area contributed by atoms with E-state index in [1.54, 1.807) is 9.80 Å². The second-order valence-corrected chi connectivity index (χ2v) is 9.53. The van der Waals surface area contributed by atoms with E-state index in [1.807, 2.05) is 23.8 Å². The number of rotatable bonds is 5. The molecule has 0 spiro atoms. The molecule has 4 heterocycles. The topological polar surface area (TPSA) is 98.8 Å². The fourth-order valence-corrected chi connectivity index (χ4v) is 5.58. The highest BCUT2D eigenvalue weighted by atomic mass is 32.2. The van der Waals surface area contributed by atoms with Gasteiger partial charge in [0.1, 0.15) is 12.1 Å². The van der Waals surface area contributed by atoms with E-state index >= 15 is 0 Å². The van der Waals surface area contributed by atoms with Crippen LogP contribution in [-0.4, -0.2) is 82.7 Å². The first kappa shape index (κ1) is 20.2. The van der Waals surface area contributed by atoms with Gasteiger partial charge in [0.15, 0.2) is 0 Å². The van der Waals surface area contributed by atoms with Crippen LogP contribution in [0.25, 0.3) is 0 Å². The first-order chi connectivity index (χ1) is 14.0. The van der Waals surface area contributed by atoms with Crippen molar-refractivity contribution < 1.29 is 19.2 Å². The molecule has 3 fully saturated rings. The number of fused-ring (bicyclic) bond motifs is 2. The summed E-state index contributed by atoms with van der Waals surface area (Å²) in [6, 6.07) is 1.96. The Morgan fingerprint density at radius 2 is 2.21 bits per heavy atom. The zero-order valence-electron chi connectivity index (χ0n) is 16.1. The molecule has 3 saturated heterocycles. The summed E-state index contributed by atoms with van der Waals surface area (Å²) in [5.41, 5.74) is 0. The van der Waals surface area contributed by atoms with Crippen LogP contribution in [0.2, 0.25) is 0 Å². The lowest BCUT2D eigenvalue weighted by atomic mass is 10.1. The quantitative estimate of drug-likeness (QED) is 0.668. The van der Waals surface area contributed by atoms with Crippen molar-refractivity contribution in [3.8, 4) is 0 Å². The number of nitrogens with one attached hydrogen (secondary N) is 2. The monoisotopic (exact) mass is 436 g/mol. The van der Waals surface area contributed by atoms with Crippen molar-refractivity contribution >= 4 is 46.7 Å². The molecule has 2 N–H and O–H groups in total. The second-order valence-electron chi connectivity index (χ2n) is 7.63. The molecule has 4 amide bonds. The maximum absolute atomic E-state index is 13.3. The van der Waals surface area contributed by atoms with Gasteiger partial charge in [0.05, 0.1) is 18.2 Å². The van der Waals surface area contributed by atoms with E-state index in [2.05, 4.69) is 10.6 Å². The van der Waals surface area contributed by atoms with Crippen LogP contribution in [0.1, 0.15) is 17.7 Å². The van der Waals surface area contributed by atoms with Gasteiger partial charge >= 0.3 is 0 Å². The summed E-state index contributed by atoms with van der Waals surface area (Å²) in [7, 11) is 0. The normalized spacial score (nSPS) is 28.6. The van der Waals surface area contributed by atoms with Crippen LogP contribution in [0.5, 0.6) is 0 Å². The molecule has 1 aromatic rings. The van der Waals surface area contributed by atoms with Gasteiger partial charge in [-0.15, -0.1) is 11.3 Å². The standard InChI is InChI=1S/C19H24N4O4S2/c1-28-10-16(25)22-5-4-13-17(22)19(27)23-9-11(7-14(23)18(26)21-13)20-15(24)8-12-3-2-6-29-12/h2-3,6,11,13-14,17H,4-5,7-10H2,1H3,(H,20,24)(H,21,26)/t11-,13+,14+,17-/m0/s1. The number of thioether (sulfide) groups is 1. The van der Waals surface area contributed by atoms with Gasteiger partial charge in [-0.1, -0.05) is 6.07 Å². The summed E-state index contributed by atoms with van der Waals surface area (Å²) in [5.74, 6) is -0.264. The van der Waals surface area contributed by atoms with Crippen molar-refractivity contribution in [1.82, 2.24) is 20.4 Å². The highest BCUT2D eigenvalue weighted by Gasteiger charge is 2.52. The Hall–Kier alpha value is -2.07. The van der Waals surface area contributed by atoms with Crippen LogP contribution in [0, 0.1) is 0 Å². The Labute approximate surface area is 177 Å². The Kier molecular flexibility index (Phi) is 5.82. The number of carbonyl (C=O) groups excluding carboxylic acids is 4. The largest absolute Gasteiger partial charge is 0.351 e. The van der Waals surface area contributed by atoms with Gasteiger partial charge in [-0.2, -0.15) is 11.8 Å². The van der Waals surface area contributed by atoms with E-state index in [1.165, 1.54) is 23.1 Å². The van der Waals surface area contributed by atoms with E-state index in [4.69, 9.17) is 0 Å². The van der Waals surface area contributed by atoms with E-state index in [0.717, 1.165) is 4.88 Å². The molecule has 0 unspecified atom stereocenters. The van der Waals surface area contributed by atoms with E-state index in [-0.39, 0.29) is 35.7 Å². The predicted molar refractivity (Wildman–Crippen MR) is 111 cm³/mol. The third kappa shape index (κ3) is 4.00. The van der Waals surface area contributed by atoms with Crippen LogP contribution in [0.4, 0.5) is 0 Å². The molecule has 4 atom stereocenters. The molecule has 0 aliphatic carbocycles. The molecule has 0 bridgehead atoms. The number of amides is 4. The lowest BCUT2D eigenvalue weighted by molar-refractivity contribution is -0.143. The first-order valence-corrected chi connectivity index (χ1v) is 12.0. The van der Waals surface area contributed by atoms with Crippen LogP contribution < -0.4 is 10.6 Å². The Balaban J connectivity index is 1.45. The zero-order chi connectivity index (χ0) is 20.5. The van der Waals surface area contributed by atoms with Crippen LogP contribution in [-0.2, 0) is 25.6 Å². The number of hydrogen-bond donors (Lipinski definition) is 2. The van der Waals surface area contributed by atoms with Crippen LogP contribution in [0.3, 0.4) is 0 Å². The summed E-state index contributed by atoms with van der Waals surface area (Å²) in [6.45, 7) is 0.765. The van der Waals surface area contributed by atoms with Gasteiger partial charge in [0.25, 0.3) is 0 Å². The summed E-state index contributed by atoms with van der Waals surface area (Å²) in [4.78, 5) is 55.0. The van der Waals surface area contributed by atoms with Crippen LogP contribution >= 0.6 is 23.1 Å². The van der Waals surface area contributed by atoms with Gasteiger partial charge in [0, 0.05) is 24.0 Å². The number of nitrogens with zero attached hydrogens (tertiary/aromatic N) is 2. The van der Waals surface area contributed by atoms with E-state index in [0.29, 0.717) is 38.1 Å². The molecule has 0 saturated carbocycles. The molecule has 0 radical (unpaired) electrons. The Bertz CT molecular complexity index is 815. The van der Waals surface area contributed by atoms with Crippen molar-refractivity contribution in [2.75, 3.05) is 25.1 Å². The van der Waals surface area contributed by atoms with Gasteiger partial charge in [0.2, 0.25) is 23.6 Å². The van der Waals surface area contributed by atoms with Crippen molar-refractivity contribution in [1.29, 1.82) is 0 Å². The van der Waals surface area contributed by atoms with Gasteiger partial charge in [-0.05, 0) is 30.5 Å². The van der Waals surface area contributed by atoms with Gasteiger partial charge < -0.3 is 20.4 Å². The summed E-state index contributed by atoms with van der Waals surface area (Å²) in [5, 5.41) is 7.85. The van der Waals surface area contributed by atoms with Crippen molar-refractivity contribution in [3.63, 3.8) is 0 Å². The maximum atomic E-state index is 13.3. The smallest absolute Gasteiger partial charge is 0.248 e. The molecular weight excluding hydrogens is 412 g/mol. The minimum absolute atomic E-state index is 0.0777. The number of likely N-dealkylation sites (tertiary alicyclic amines) is 1. The molecule has 3 aliphatic rings. The summed E-state index contributed by atoms with van der Waals surface area (Å²) >= 11 is 2.94. The van der Waals surface area contributed by atoms with Gasteiger partial charge in [-0.25, -0.2) is 0 Å². The number of hydrogen-bond acceptors (Lipinski definition) is 6. The minimum atomic E-state index is -0.649. The molecule has 1 aromatic heterocycles. The predicted octanol–water partition coefficient (Wildman–Crippen LogP) is -0.161. The third-order valence-electron chi connectivity index (χ3n) is 5.73. The lowest BCUT2D eigenvalue weighted by Crippen LogP contribution is -2.53. The zero-order valence-corrected chi connectivity index (χ0v) is 17.8. The number of carbonyl (C=O) groups is 4. The van der Waals surface area contributed by atoms with Crippen molar-refractivity contribution in [2.45, 2.75) is 43.4 Å². The fraction of sp³-hybridized carbons (Fsp3) is 0.579. The van der Waals surface area contributed by atoms with Gasteiger partial charge in [-0.3, -0.25) is 19.2 Å². The summed E-state index contributed by atoms with van der Waals surface area (Å²) < 4.78 is 0. The molecule has 156 valence electrons. The third-order valence-corrected chi connectivity index (χ3v) is 7.15. The number of thiophene rings is 1. The Morgan fingerprint density at radius 1 is 1.38 bits per heavy atom. The van der Waals surface area contributed by atoms with Crippen molar-refractivity contribution in [2.24, 2.45) is 0 Å². The average molecular weight is 437 g/mol. The average Bonchev–Trinajstić information content (AvgIpc) is 3.40. The van der Waals surface area contributed by atoms with Crippen molar-refractivity contribution in [3.05, 3.63) is 22.4 Å². The fourth-order valence-electron chi connectivity index (χ4n) is 4.47. The lowest BCUT2D eigenvalue weighted by Gasteiger charge is -2.29. The molecule has 0 aromatic carbocycles. The van der Waals surface area contributed by atoms with E-state index in [9.17, 15) is 19.2 Å². The second kappa shape index (κ2) is 8.35. The molecule has 10 heteroatoms. The minimum Gasteiger partial charge on any atom is -0.351 e. The molecule has 4 rings (SSSR count).